The average molecular weight is 457 g/mol. The third-order valence-electron chi connectivity index (χ3n) is 12.7. The lowest BCUT2D eigenvalue weighted by molar-refractivity contribution is -0.142. The zero-order valence-electron chi connectivity index (χ0n) is 22.0. The molecule has 0 aromatic heterocycles. The molecule has 0 aromatic carbocycles. The summed E-state index contributed by atoms with van der Waals surface area (Å²) >= 11 is 0. The molecule has 0 aromatic rings. The molecule has 6 rings (SSSR count). The molecule has 0 bridgehead atoms. The Bertz CT molecular complexity index is 699. The summed E-state index contributed by atoms with van der Waals surface area (Å²) in [5.74, 6) is 4.35. The van der Waals surface area contributed by atoms with Gasteiger partial charge in [-0.1, -0.05) is 33.6 Å². The number of fused-ring (bicyclic) bond motifs is 5. The van der Waals surface area contributed by atoms with Gasteiger partial charge in [0.1, 0.15) is 0 Å². The van der Waals surface area contributed by atoms with E-state index in [1.165, 1.54) is 110 Å². The maximum atomic E-state index is 11.7. The van der Waals surface area contributed by atoms with Crippen molar-refractivity contribution < 1.29 is 5.11 Å². The first-order chi connectivity index (χ1) is 15.9. The van der Waals surface area contributed by atoms with Gasteiger partial charge in [0.05, 0.1) is 6.10 Å². The second-order valence-electron chi connectivity index (χ2n) is 14.1. The van der Waals surface area contributed by atoms with E-state index in [-0.39, 0.29) is 11.5 Å². The molecule has 4 saturated carbocycles. The minimum absolute atomic E-state index is 0.0976. The molecule has 6 aliphatic rings. The van der Waals surface area contributed by atoms with E-state index in [4.69, 9.17) is 0 Å². The van der Waals surface area contributed by atoms with Gasteiger partial charge in [0, 0.05) is 12.1 Å². The number of nitrogens with zero attached hydrogens (tertiary/aromatic N) is 2. The van der Waals surface area contributed by atoms with E-state index >= 15 is 0 Å². The van der Waals surface area contributed by atoms with Gasteiger partial charge in [-0.2, -0.15) is 0 Å². The van der Waals surface area contributed by atoms with Gasteiger partial charge in [-0.3, -0.25) is 4.90 Å². The standard InChI is InChI=1S/C30H52N2O/c1-21-18-22-10-11-23-24(30(22,3)20-27(21)32-16-8-5-9-17-32)12-13-29(2)25(23)19-26(28(29)33)31-14-6-4-7-15-31/h21-28,33H,4-20H2,1-3H3/t21?,22?,23-,24-,25+,26?,27?,28?,29+,30+/m1/s1. The van der Waals surface area contributed by atoms with Crippen LogP contribution in [-0.2, 0) is 0 Å². The van der Waals surface area contributed by atoms with Gasteiger partial charge in [0.15, 0.2) is 0 Å². The molecule has 2 aliphatic heterocycles. The Morgan fingerprint density at radius 1 is 0.697 bits per heavy atom. The zero-order chi connectivity index (χ0) is 22.8. The summed E-state index contributed by atoms with van der Waals surface area (Å²) in [4.78, 5) is 5.62. The molecular formula is C30H52N2O. The van der Waals surface area contributed by atoms with Crippen LogP contribution >= 0.6 is 0 Å². The Morgan fingerprint density at radius 3 is 2.00 bits per heavy atom. The Hall–Kier alpha value is -0.120. The number of hydrogen-bond donors (Lipinski definition) is 1. The highest BCUT2D eigenvalue weighted by atomic mass is 16.3. The average Bonchev–Trinajstić information content (AvgIpc) is 3.11. The molecule has 0 spiro atoms. The van der Waals surface area contributed by atoms with Gasteiger partial charge in [0.25, 0.3) is 0 Å². The fraction of sp³-hybridized carbons (Fsp3) is 1.00. The van der Waals surface area contributed by atoms with E-state index in [9.17, 15) is 5.11 Å². The Kier molecular flexibility index (Phi) is 6.19. The molecule has 0 amide bonds. The lowest BCUT2D eigenvalue weighted by Gasteiger charge is -2.62. The van der Waals surface area contributed by atoms with Crippen molar-refractivity contribution in [2.45, 2.75) is 122 Å². The number of hydrogen-bond acceptors (Lipinski definition) is 3. The summed E-state index contributed by atoms with van der Waals surface area (Å²) in [5.41, 5.74) is 0.702. The Balaban J connectivity index is 1.24. The van der Waals surface area contributed by atoms with Gasteiger partial charge in [-0.05, 0) is 137 Å². The van der Waals surface area contributed by atoms with E-state index in [0.29, 0.717) is 11.5 Å². The van der Waals surface area contributed by atoms with Crippen molar-refractivity contribution in [3.05, 3.63) is 0 Å². The number of rotatable bonds is 2. The maximum Gasteiger partial charge on any atom is 0.0751 e. The Labute approximate surface area is 204 Å². The summed E-state index contributed by atoms with van der Waals surface area (Å²) in [5, 5.41) is 11.7. The van der Waals surface area contributed by atoms with Crippen LogP contribution in [0, 0.1) is 40.4 Å². The zero-order valence-corrected chi connectivity index (χ0v) is 22.0. The minimum atomic E-state index is -0.0976. The van der Waals surface area contributed by atoms with Gasteiger partial charge >= 0.3 is 0 Å². The smallest absolute Gasteiger partial charge is 0.0751 e. The number of aliphatic hydroxyl groups is 1. The molecule has 6 fully saturated rings. The predicted molar refractivity (Wildman–Crippen MR) is 136 cm³/mol. The van der Waals surface area contributed by atoms with Gasteiger partial charge in [-0.15, -0.1) is 0 Å². The SMILES string of the molecule is CC1CC2CC[C@@H]3[C@@H](CC[C@]4(C)C(O)C(N5CCCCC5)C[C@@H]34)[C@@]2(C)CC1N1CCCCC1. The fourth-order valence-electron chi connectivity index (χ4n) is 10.8. The molecule has 2 saturated heterocycles. The van der Waals surface area contributed by atoms with E-state index < -0.39 is 0 Å². The number of likely N-dealkylation sites (tertiary alicyclic amines) is 2. The maximum absolute atomic E-state index is 11.7. The lowest BCUT2D eigenvalue weighted by Crippen LogP contribution is -2.58. The van der Waals surface area contributed by atoms with Crippen molar-refractivity contribution in [2.24, 2.45) is 40.4 Å². The molecule has 5 unspecified atom stereocenters. The van der Waals surface area contributed by atoms with Crippen molar-refractivity contribution in [1.82, 2.24) is 9.80 Å². The Morgan fingerprint density at radius 2 is 1.33 bits per heavy atom. The molecule has 188 valence electrons. The highest BCUT2D eigenvalue weighted by Gasteiger charge is 2.63. The van der Waals surface area contributed by atoms with Gasteiger partial charge < -0.3 is 10.0 Å². The first kappa shape index (κ1) is 23.3. The first-order valence-electron chi connectivity index (χ1n) is 15.1. The largest absolute Gasteiger partial charge is 0.391 e. The summed E-state index contributed by atoms with van der Waals surface area (Å²) in [6, 6.07) is 1.27. The van der Waals surface area contributed by atoms with E-state index in [1.54, 1.807) is 0 Å². The summed E-state index contributed by atoms with van der Waals surface area (Å²) < 4.78 is 0. The van der Waals surface area contributed by atoms with Crippen LogP contribution in [0.1, 0.15) is 104 Å². The predicted octanol–water partition coefficient (Wildman–Crippen LogP) is 5.95. The summed E-state index contributed by atoms with van der Waals surface area (Å²) in [6.07, 6.45) is 18.1. The van der Waals surface area contributed by atoms with E-state index in [2.05, 4.69) is 30.6 Å². The highest BCUT2D eigenvalue weighted by Crippen LogP contribution is 2.67. The van der Waals surface area contributed by atoms with Crippen molar-refractivity contribution in [1.29, 1.82) is 0 Å². The molecule has 3 heteroatoms. The molecule has 0 radical (unpaired) electrons. The van der Waals surface area contributed by atoms with Crippen LogP contribution in [-0.4, -0.2) is 59.3 Å². The molecule has 10 atom stereocenters. The fourth-order valence-corrected chi connectivity index (χ4v) is 10.8. The highest BCUT2D eigenvalue weighted by molar-refractivity contribution is 5.14. The van der Waals surface area contributed by atoms with Crippen molar-refractivity contribution in [2.75, 3.05) is 26.2 Å². The number of aliphatic hydroxyl groups excluding tert-OH is 1. The quantitative estimate of drug-likeness (QED) is 0.556. The third kappa shape index (κ3) is 3.69. The van der Waals surface area contributed by atoms with Crippen molar-refractivity contribution in [3.8, 4) is 0 Å². The number of piperidine rings is 2. The molecule has 33 heavy (non-hydrogen) atoms. The van der Waals surface area contributed by atoms with Gasteiger partial charge in [-0.25, -0.2) is 0 Å². The van der Waals surface area contributed by atoms with Crippen LogP contribution in [0.5, 0.6) is 0 Å². The van der Waals surface area contributed by atoms with Crippen molar-refractivity contribution in [3.63, 3.8) is 0 Å². The van der Waals surface area contributed by atoms with Crippen LogP contribution < -0.4 is 0 Å². The second-order valence-corrected chi connectivity index (χ2v) is 14.1. The van der Waals surface area contributed by atoms with E-state index in [1.807, 2.05) is 0 Å². The van der Waals surface area contributed by atoms with Crippen LogP contribution in [0.4, 0.5) is 0 Å². The summed E-state index contributed by atoms with van der Waals surface area (Å²) in [6.45, 7) is 13.0. The van der Waals surface area contributed by atoms with E-state index in [0.717, 1.165) is 35.6 Å². The molecule has 2 heterocycles. The monoisotopic (exact) mass is 456 g/mol. The molecule has 1 N–H and O–H groups in total. The topological polar surface area (TPSA) is 26.7 Å². The van der Waals surface area contributed by atoms with Crippen LogP contribution in [0.3, 0.4) is 0 Å². The molecule has 4 aliphatic carbocycles. The van der Waals surface area contributed by atoms with Crippen LogP contribution in [0.15, 0.2) is 0 Å². The minimum Gasteiger partial charge on any atom is -0.391 e. The second kappa shape index (κ2) is 8.77. The lowest BCUT2D eigenvalue weighted by atomic mass is 9.44. The van der Waals surface area contributed by atoms with Crippen molar-refractivity contribution >= 4 is 0 Å². The first-order valence-corrected chi connectivity index (χ1v) is 15.1. The normalized spacial score (nSPS) is 53.8. The molecular weight excluding hydrogens is 404 g/mol. The summed E-state index contributed by atoms with van der Waals surface area (Å²) in [7, 11) is 0. The molecule has 3 nitrogen and oxygen atoms in total. The van der Waals surface area contributed by atoms with Crippen LogP contribution in [0.2, 0.25) is 0 Å². The van der Waals surface area contributed by atoms with Crippen LogP contribution in [0.25, 0.3) is 0 Å². The third-order valence-corrected chi connectivity index (χ3v) is 12.7. The van der Waals surface area contributed by atoms with Gasteiger partial charge in [0.2, 0.25) is 0 Å².